The molecule has 0 aliphatic heterocycles. The van der Waals surface area contributed by atoms with Crippen molar-refractivity contribution in [1.82, 2.24) is 0 Å². The van der Waals surface area contributed by atoms with Gasteiger partial charge in [0.05, 0.1) is 17.8 Å². The number of benzene rings is 2. The van der Waals surface area contributed by atoms with E-state index in [0.29, 0.717) is 12.2 Å². The maximum absolute atomic E-state index is 11.4. The van der Waals surface area contributed by atoms with Gasteiger partial charge >= 0.3 is 5.97 Å². The van der Waals surface area contributed by atoms with E-state index in [1.165, 1.54) is 0 Å². The first-order valence-electron chi connectivity index (χ1n) is 6.39. The molecule has 21 heavy (non-hydrogen) atoms. The lowest BCUT2D eigenvalue weighted by Crippen LogP contribution is -2.20. The van der Waals surface area contributed by atoms with Gasteiger partial charge in [-0.25, -0.2) is 4.79 Å². The zero-order valence-electron chi connectivity index (χ0n) is 11.8. The van der Waals surface area contributed by atoms with Crippen molar-refractivity contribution in [2.75, 3.05) is 19.1 Å². The van der Waals surface area contributed by atoms with Crippen LogP contribution in [0.2, 0.25) is 5.02 Å². The number of anilines is 1. The molecule has 0 heterocycles. The monoisotopic (exact) mass is 305 g/mol. The van der Waals surface area contributed by atoms with E-state index in [1.54, 1.807) is 25.3 Å². The Morgan fingerprint density at radius 2 is 1.95 bits per heavy atom. The standard InChI is InChI=1S/C16H16ClNO3/c1-18(10-11-6-3-4-9-14(11)21-2)13-8-5-7-12(17)15(13)16(19)20/h3-9H,10H2,1-2H3,(H,19,20). The molecule has 0 aliphatic rings. The lowest BCUT2D eigenvalue weighted by Gasteiger charge is -2.22. The van der Waals surface area contributed by atoms with Crippen molar-refractivity contribution < 1.29 is 14.6 Å². The van der Waals surface area contributed by atoms with E-state index in [4.69, 9.17) is 16.3 Å². The molecule has 2 aromatic carbocycles. The second kappa shape index (κ2) is 6.50. The maximum Gasteiger partial charge on any atom is 0.339 e. The number of nitrogens with zero attached hydrogens (tertiary/aromatic N) is 1. The SMILES string of the molecule is COc1ccccc1CN(C)c1cccc(Cl)c1C(=O)O. The van der Waals surface area contributed by atoms with E-state index in [0.717, 1.165) is 11.3 Å². The van der Waals surface area contributed by atoms with Gasteiger partial charge in [0.15, 0.2) is 0 Å². The molecule has 2 aromatic rings. The third-order valence-electron chi connectivity index (χ3n) is 3.22. The van der Waals surface area contributed by atoms with Crippen LogP contribution >= 0.6 is 11.6 Å². The van der Waals surface area contributed by atoms with Crippen LogP contribution in [0.25, 0.3) is 0 Å². The van der Waals surface area contributed by atoms with Crippen LogP contribution in [0.1, 0.15) is 15.9 Å². The number of hydrogen-bond donors (Lipinski definition) is 1. The first-order chi connectivity index (χ1) is 10.0. The number of carboxylic acids is 1. The highest BCUT2D eigenvalue weighted by molar-refractivity contribution is 6.34. The molecule has 0 amide bonds. The molecule has 0 bridgehead atoms. The number of rotatable bonds is 5. The van der Waals surface area contributed by atoms with Crippen molar-refractivity contribution >= 4 is 23.3 Å². The fraction of sp³-hybridized carbons (Fsp3) is 0.188. The molecule has 110 valence electrons. The van der Waals surface area contributed by atoms with E-state index in [9.17, 15) is 9.90 Å². The summed E-state index contributed by atoms with van der Waals surface area (Å²) in [6.07, 6.45) is 0. The van der Waals surface area contributed by atoms with E-state index in [-0.39, 0.29) is 10.6 Å². The van der Waals surface area contributed by atoms with Crippen molar-refractivity contribution in [3.63, 3.8) is 0 Å². The molecule has 2 rings (SSSR count). The van der Waals surface area contributed by atoms with Gasteiger partial charge in [0.2, 0.25) is 0 Å². The van der Waals surface area contributed by atoms with Gasteiger partial charge in [0, 0.05) is 19.2 Å². The molecular formula is C16H16ClNO3. The van der Waals surface area contributed by atoms with Gasteiger partial charge < -0.3 is 14.7 Å². The van der Waals surface area contributed by atoms with Crippen LogP contribution in [0.3, 0.4) is 0 Å². The van der Waals surface area contributed by atoms with Crippen molar-refractivity contribution in [1.29, 1.82) is 0 Å². The normalized spacial score (nSPS) is 10.2. The quantitative estimate of drug-likeness (QED) is 0.915. The van der Waals surface area contributed by atoms with Crippen molar-refractivity contribution in [3.05, 3.63) is 58.6 Å². The highest BCUT2D eigenvalue weighted by Gasteiger charge is 2.17. The Labute approximate surface area is 128 Å². The molecule has 0 saturated heterocycles. The number of methoxy groups -OCH3 is 1. The van der Waals surface area contributed by atoms with Crippen LogP contribution in [0.5, 0.6) is 5.75 Å². The predicted molar refractivity (Wildman–Crippen MR) is 83.5 cm³/mol. The Kier molecular flexibility index (Phi) is 4.70. The molecule has 0 saturated carbocycles. The molecule has 5 heteroatoms. The number of ether oxygens (including phenoxy) is 1. The molecular weight excluding hydrogens is 290 g/mol. The van der Waals surface area contributed by atoms with Crippen LogP contribution in [0.15, 0.2) is 42.5 Å². The van der Waals surface area contributed by atoms with Crippen LogP contribution in [0, 0.1) is 0 Å². The minimum Gasteiger partial charge on any atom is -0.496 e. The third-order valence-corrected chi connectivity index (χ3v) is 3.53. The summed E-state index contributed by atoms with van der Waals surface area (Å²) in [6.45, 7) is 0.518. The number of hydrogen-bond acceptors (Lipinski definition) is 3. The highest BCUT2D eigenvalue weighted by Crippen LogP contribution is 2.29. The van der Waals surface area contributed by atoms with Gasteiger partial charge in [-0.1, -0.05) is 35.9 Å². The molecule has 0 spiro atoms. The summed E-state index contributed by atoms with van der Waals surface area (Å²) in [5.74, 6) is -0.272. The number of halogens is 1. The van der Waals surface area contributed by atoms with Crippen LogP contribution in [-0.4, -0.2) is 25.2 Å². The van der Waals surface area contributed by atoms with Gasteiger partial charge in [-0.3, -0.25) is 0 Å². The largest absolute Gasteiger partial charge is 0.496 e. The molecule has 1 N–H and O–H groups in total. The fourth-order valence-electron chi connectivity index (χ4n) is 2.22. The summed E-state index contributed by atoms with van der Waals surface area (Å²) in [5.41, 5.74) is 1.65. The van der Waals surface area contributed by atoms with Crippen molar-refractivity contribution in [3.8, 4) is 5.75 Å². The van der Waals surface area contributed by atoms with Crippen LogP contribution in [0.4, 0.5) is 5.69 Å². The van der Waals surface area contributed by atoms with Gasteiger partial charge in [0.25, 0.3) is 0 Å². The molecule has 4 nitrogen and oxygen atoms in total. The smallest absolute Gasteiger partial charge is 0.339 e. The number of carboxylic acid groups (broad SMARTS) is 1. The summed E-state index contributed by atoms with van der Waals surface area (Å²) in [5, 5.41) is 9.56. The Bertz CT molecular complexity index is 658. The zero-order chi connectivity index (χ0) is 15.4. The van der Waals surface area contributed by atoms with Crippen molar-refractivity contribution in [2.24, 2.45) is 0 Å². The van der Waals surface area contributed by atoms with Gasteiger partial charge in [0.1, 0.15) is 11.3 Å². The average Bonchev–Trinajstić information content (AvgIpc) is 2.47. The van der Waals surface area contributed by atoms with Gasteiger partial charge in [-0.15, -0.1) is 0 Å². The Morgan fingerprint density at radius 1 is 1.24 bits per heavy atom. The second-order valence-electron chi connectivity index (χ2n) is 4.61. The van der Waals surface area contributed by atoms with Gasteiger partial charge in [-0.05, 0) is 18.2 Å². The molecule has 0 aliphatic carbocycles. The summed E-state index contributed by atoms with van der Waals surface area (Å²) < 4.78 is 5.31. The summed E-state index contributed by atoms with van der Waals surface area (Å²) in [7, 11) is 3.44. The van der Waals surface area contributed by atoms with E-state index < -0.39 is 5.97 Å². The van der Waals surface area contributed by atoms with E-state index in [2.05, 4.69) is 0 Å². The first kappa shape index (κ1) is 15.2. The number of carbonyl (C=O) groups is 1. The Hall–Kier alpha value is -2.20. The molecule has 0 fully saturated rings. The zero-order valence-corrected chi connectivity index (χ0v) is 12.6. The lowest BCUT2D eigenvalue weighted by molar-refractivity contribution is 0.0697. The van der Waals surface area contributed by atoms with E-state index >= 15 is 0 Å². The first-order valence-corrected chi connectivity index (χ1v) is 6.77. The van der Waals surface area contributed by atoms with Crippen LogP contribution in [-0.2, 0) is 6.54 Å². The summed E-state index contributed by atoms with van der Waals surface area (Å²) in [4.78, 5) is 13.2. The number of aromatic carboxylic acids is 1. The highest BCUT2D eigenvalue weighted by atomic mass is 35.5. The molecule has 0 unspecified atom stereocenters. The second-order valence-corrected chi connectivity index (χ2v) is 5.01. The lowest BCUT2D eigenvalue weighted by atomic mass is 10.1. The van der Waals surface area contributed by atoms with E-state index in [1.807, 2.05) is 36.2 Å². The number of para-hydroxylation sites is 1. The average molecular weight is 306 g/mol. The summed E-state index contributed by atoms with van der Waals surface area (Å²) in [6, 6.07) is 12.7. The maximum atomic E-state index is 11.4. The Balaban J connectivity index is 2.35. The predicted octanol–water partition coefficient (Wildman–Crippen LogP) is 3.68. The third kappa shape index (κ3) is 3.28. The molecule has 0 radical (unpaired) electrons. The topological polar surface area (TPSA) is 49.8 Å². The Morgan fingerprint density at radius 3 is 2.62 bits per heavy atom. The minimum absolute atomic E-state index is 0.108. The van der Waals surface area contributed by atoms with Crippen molar-refractivity contribution in [2.45, 2.75) is 6.54 Å². The molecule has 0 atom stereocenters. The summed E-state index contributed by atoms with van der Waals surface area (Å²) >= 11 is 6.00. The fourth-order valence-corrected chi connectivity index (χ4v) is 2.47. The van der Waals surface area contributed by atoms with Crippen LogP contribution < -0.4 is 9.64 Å². The van der Waals surface area contributed by atoms with Gasteiger partial charge in [-0.2, -0.15) is 0 Å². The minimum atomic E-state index is -1.04. The molecule has 0 aromatic heterocycles.